The second kappa shape index (κ2) is 19.5. The molecule has 228 valence electrons. The van der Waals surface area contributed by atoms with Gasteiger partial charge in [0.2, 0.25) is 5.91 Å². The van der Waals surface area contributed by atoms with Crippen molar-refractivity contribution in [3.63, 3.8) is 0 Å². The van der Waals surface area contributed by atoms with Gasteiger partial charge in [-0.3, -0.25) is 4.79 Å². The van der Waals surface area contributed by atoms with Gasteiger partial charge < -0.3 is 25.6 Å². The maximum absolute atomic E-state index is 12.4. The minimum Gasteiger partial charge on any atom is -0.493 e. The average molecular weight is 567 g/mol. The Balaban J connectivity index is 1.29. The predicted octanol–water partition coefficient (Wildman–Crippen LogP) is 7.13. The number of aryl methyl sites for hydroxylation is 1. The first-order chi connectivity index (χ1) is 20.1. The fourth-order valence-electron chi connectivity index (χ4n) is 5.73. The Morgan fingerprint density at radius 3 is 2.54 bits per heavy atom. The average Bonchev–Trinajstić information content (AvgIpc) is 3.00. The summed E-state index contributed by atoms with van der Waals surface area (Å²) in [5.74, 6) is 2.94. The van der Waals surface area contributed by atoms with Crippen LogP contribution in [0.3, 0.4) is 0 Å². The molecule has 0 spiro atoms. The molecule has 41 heavy (non-hydrogen) atoms. The summed E-state index contributed by atoms with van der Waals surface area (Å²) in [7, 11) is 0. The summed E-state index contributed by atoms with van der Waals surface area (Å²) in [4.78, 5) is 12.4. The second-order valence-electron chi connectivity index (χ2n) is 11.8. The molecule has 2 aromatic rings. The molecule has 0 aliphatic heterocycles. The Hall–Kier alpha value is -2.57. The van der Waals surface area contributed by atoms with Gasteiger partial charge in [-0.2, -0.15) is 0 Å². The fraction of sp³-hybridized carbons (Fsp3) is 0.629. The van der Waals surface area contributed by atoms with Crippen molar-refractivity contribution in [1.82, 2.24) is 5.32 Å². The van der Waals surface area contributed by atoms with Crippen molar-refractivity contribution in [2.24, 2.45) is 17.6 Å². The summed E-state index contributed by atoms with van der Waals surface area (Å²) in [5, 5.41) is 13.6. The van der Waals surface area contributed by atoms with Crippen LogP contribution in [0.5, 0.6) is 11.5 Å². The van der Waals surface area contributed by atoms with Crippen molar-refractivity contribution < 1.29 is 19.4 Å². The van der Waals surface area contributed by atoms with Crippen molar-refractivity contribution in [2.45, 2.75) is 103 Å². The predicted molar refractivity (Wildman–Crippen MR) is 167 cm³/mol. The smallest absolute Gasteiger partial charge is 0.219 e. The monoisotopic (exact) mass is 566 g/mol. The molecule has 3 rings (SSSR count). The third kappa shape index (κ3) is 13.3. The Morgan fingerprint density at radius 2 is 1.76 bits per heavy atom. The number of amides is 1. The lowest BCUT2D eigenvalue weighted by Gasteiger charge is -2.22. The number of benzene rings is 2. The third-order valence-corrected chi connectivity index (χ3v) is 8.21. The molecule has 0 heterocycles. The topological polar surface area (TPSA) is 93.8 Å². The van der Waals surface area contributed by atoms with Crippen LogP contribution in [0.1, 0.15) is 108 Å². The van der Waals surface area contributed by atoms with Crippen LogP contribution in [0.15, 0.2) is 48.5 Å². The molecule has 1 fully saturated rings. The van der Waals surface area contributed by atoms with Crippen LogP contribution >= 0.6 is 0 Å². The van der Waals surface area contributed by atoms with Gasteiger partial charge in [-0.05, 0) is 105 Å². The Kier molecular flexibility index (Phi) is 15.7. The van der Waals surface area contributed by atoms with Gasteiger partial charge >= 0.3 is 0 Å². The number of unbranched alkanes of at least 4 members (excludes halogenated alkanes) is 1. The van der Waals surface area contributed by atoms with E-state index in [9.17, 15) is 9.90 Å². The molecule has 0 radical (unpaired) electrons. The first-order valence-corrected chi connectivity index (χ1v) is 16.2. The largest absolute Gasteiger partial charge is 0.493 e. The van der Waals surface area contributed by atoms with Gasteiger partial charge in [0.25, 0.3) is 0 Å². The van der Waals surface area contributed by atoms with Crippen LogP contribution < -0.4 is 20.5 Å². The number of hydrogen-bond acceptors (Lipinski definition) is 5. The van der Waals surface area contributed by atoms with E-state index < -0.39 is 6.10 Å². The fourth-order valence-corrected chi connectivity index (χ4v) is 5.73. The summed E-state index contributed by atoms with van der Waals surface area (Å²) < 4.78 is 12.2. The normalized spacial score (nSPS) is 15.3. The van der Waals surface area contributed by atoms with Crippen LogP contribution in [0, 0.1) is 11.8 Å². The van der Waals surface area contributed by atoms with Crippen molar-refractivity contribution in [3.05, 3.63) is 59.7 Å². The van der Waals surface area contributed by atoms with E-state index in [1.54, 1.807) is 0 Å². The molecule has 0 saturated heterocycles. The minimum atomic E-state index is -0.621. The molecule has 6 nitrogen and oxygen atoms in total. The molecule has 1 amide bonds. The number of nitrogens with one attached hydrogen (secondary N) is 1. The van der Waals surface area contributed by atoms with Gasteiger partial charge in [0, 0.05) is 13.0 Å². The Bertz CT molecular complexity index is 992. The Morgan fingerprint density at radius 1 is 0.976 bits per heavy atom. The quantitative estimate of drug-likeness (QED) is 0.148. The number of carbonyl (C=O) groups excluding carboxylic acids is 1. The van der Waals surface area contributed by atoms with Gasteiger partial charge in [-0.15, -0.1) is 0 Å². The van der Waals surface area contributed by atoms with Crippen LogP contribution in [0.4, 0.5) is 0 Å². The van der Waals surface area contributed by atoms with Gasteiger partial charge in [-0.1, -0.05) is 63.3 Å². The number of hydrogen-bond donors (Lipinski definition) is 3. The van der Waals surface area contributed by atoms with E-state index in [0.29, 0.717) is 44.4 Å². The zero-order valence-corrected chi connectivity index (χ0v) is 25.3. The van der Waals surface area contributed by atoms with Crippen molar-refractivity contribution >= 4 is 5.91 Å². The van der Waals surface area contributed by atoms with Gasteiger partial charge in [-0.25, -0.2) is 0 Å². The third-order valence-electron chi connectivity index (χ3n) is 8.21. The molecule has 1 saturated carbocycles. The summed E-state index contributed by atoms with van der Waals surface area (Å²) in [6.45, 7) is 4.84. The van der Waals surface area contributed by atoms with Crippen LogP contribution in [0.25, 0.3) is 0 Å². The SMILES string of the molecule is CCCC(CCCCC(=O)NCCC(O)c1cccc(OCC2CCCCC2)c1)COc1cccc(CCCN)c1. The van der Waals surface area contributed by atoms with Crippen LogP contribution in [0.2, 0.25) is 0 Å². The van der Waals surface area contributed by atoms with Gasteiger partial charge in [0.15, 0.2) is 0 Å². The number of aliphatic hydroxyl groups is 1. The van der Waals surface area contributed by atoms with Crippen LogP contribution in [-0.2, 0) is 11.2 Å². The van der Waals surface area contributed by atoms with E-state index in [1.165, 1.54) is 37.7 Å². The van der Waals surface area contributed by atoms with Crippen molar-refractivity contribution in [2.75, 3.05) is 26.3 Å². The number of aliphatic hydroxyl groups excluding tert-OH is 1. The highest BCUT2D eigenvalue weighted by Crippen LogP contribution is 2.26. The zero-order valence-electron chi connectivity index (χ0n) is 25.3. The molecular weight excluding hydrogens is 512 g/mol. The summed E-state index contributed by atoms with van der Waals surface area (Å²) in [5.41, 5.74) is 7.75. The van der Waals surface area contributed by atoms with Crippen molar-refractivity contribution in [3.8, 4) is 11.5 Å². The molecule has 4 N–H and O–H groups in total. The highest BCUT2D eigenvalue weighted by Gasteiger charge is 2.15. The van der Waals surface area contributed by atoms with Gasteiger partial charge in [0.05, 0.1) is 19.3 Å². The minimum absolute atomic E-state index is 0.0550. The lowest BCUT2D eigenvalue weighted by molar-refractivity contribution is -0.121. The van der Waals surface area contributed by atoms with Crippen LogP contribution in [-0.4, -0.2) is 37.3 Å². The lowest BCUT2D eigenvalue weighted by atomic mass is 9.90. The first kappa shape index (κ1) is 32.9. The lowest BCUT2D eigenvalue weighted by Crippen LogP contribution is -2.25. The zero-order chi connectivity index (χ0) is 29.1. The molecule has 0 bridgehead atoms. The number of ether oxygens (including phenoxy) is 2. The molecule has 1 aliphatic rings. The van der Waals surface area contributed by atoms with E-state index >= 15 is 0 Å². The standard InChI is InChI=1S/C35H54N2O4/c1-2-11-29(26-40-32-18-8-15-28(24-32)16-10-22-36)14-6-7-20-35(39)37-23-21-34(38)31-17-9-19-33(25-31)41-27-30-12-4-3-5-13-30/h8-9,15,17-19,24-25,29-30,34,38H,2-7,10-14,16,20-23,26-27,36H2,1H3,(H,37,39). The maximum Gasteiger partial charge on any atom is 0.219 e. The number of rotatable bonds is 20. The van der Waals surface area contributed by atoms with Crippen molar-refractivity contribution in [1.29, 1.82) is 0 Å². The summed E-state index contributed by atoms with van der Waals surface area (Å²) >= 11 is 0. The van der Waals surface area contributed by atoms with E-state index in [2.05, 4.69) is 30.4 Å². The number of nitrogens with two attached hydrogens (primary N) is 1. The van der Waals surface area contributed by atoms with E-state index in [4.69, 9.17) is 15.2 Å². The molecule has 0 aromatic heterocycles. The molecular formula is C35H54N2O4. The highest BCUT2D eigenvalue weighted by atomic mass is 16.5. The van der Waals surface area contributed by atoms with E-state index in [1.807, 2.05) is 30.3 Å². The summed E-state index contributed by atoms with van der Waals surface area (Å²) in [6.07, 6.45) is 14.0. The van der Waals surface area contributed by atoms with Gasteiger partial charge in [0.1, 0.15) is 11.5 Å². The molecule has 2 unspecified atom stereocenters. The molecule has 1 aliphatic carbocycles. The van der Waals surface area contributed by atoms with E-state index in [-0.39, 0.29) is 5.91 Å². The maximum atomic E-state index is 12.4. The highest BCUT2D eigenvalue weighted by molar-refractivity contribution is 5.75. The molecule has 6 heteroatoms. The first-order valence-electron chi connectivity index (χ1n) is 16.2. The van der Waals surface area contributed by atoms with E-state index in [0.717, 1.165) is 68.6 Å². The second-order valence-corrected chi connectivity index (χ2v) is 11.8. The Labute approximate surface area is 248 Å². The number of carbonyl (C=O) groups is 1. The summed E-state index contributed by atoms with van der Waals surface area (Å²) in [6, 6.07) is 16.1. The molecule has 2 aromatic carbocycles. The molecule has 2 atom stereocenters.